The van der Waals surface area contributed by atoms with Crippen LogP contribution in [0, 0.1) is 13.8 Å². The second-order valence-electron chi connectivity index (χ2n) is 3.33. The number of aryl methyl sites for hydroxylation is 2. The van der Waals surface area contributed by atoms with Crippen LogP contribution in [0.25, 0.3) is 0 Å². The summed E-state index contributed by atoms with van der Waals surface area (Å²) in [6.45, 7) is 4.22. The van der Waals surface area contributed by atoms with Crippen LogP contribution < -0.4 is 10.2 Å². The minimum atomic E-state index is -0.0593. The smallest absolute Gasteiger partial charge is 0.304 e. The molecule has 2 aromatic rings. The lowest BCUT2D eigenvalue weighted by atomic mass is 10.4. The second kappa shape index (κ2) is 4.40. The Hall–Kier alpha value is -1.76. The first-order valence-electron chi connectivity index (χ1n) is 4.73. The van der Waals surface area contributed by atoms with E-state index in [2.05, 4.69) is 25.5 Å². The van der Waals surface area contributed by atoms with Gasteiger partial charge in [0.1, 0.15) is 0 Å². The van der Waals surface area contributed by atoms with Crippen LogP contribution in [0.5, 0.6) is 0 Å². The van der Waals surface area contributed by atoms with Gasteiger partial charge in [0, 0.05) is 11.1 Å². The average molecular weight is 237 g/mol. The molecule has 0 saturated carbocycles. The molecule has 2 N–H and O–H groups in total. The Bertz CT molecular complexity index is 547. The molecule has 0 fully saturated rings. The molecule has 16 heavy (non-hydrogen) atoms. The standard InChI is InChI=1S/C9H11N5OS/c1-5-6(2)13-14-8(11-5)10-3-7-4-16-9(15)12-7/h4H,3H2,1-2H3,(H,12,15)(H,10,11,14). The molecule has 0 atom stereocenters. The molecule has 84 valence electrons. The fourth-order valence-corrected chi connectivity index (χ4v) is 1.69. The summed E-state index contributed by atoms with van der Waals surface area (Å²) in [5.41, 5.74) is 2.47. The summed E-state index contributed by atoms with van der Waals surface area (Å²) in [5, 5.41) is 12.6. The molecule has 0 radical (unpaired) electrons. The summed E-state index contributed by atoms with van der Waals surface area (Å²) in [5.74, 6) is 0.468. The summed E-state index contributed by atoms with van der Waals surface area (Å²) in [6.07, 6.45) is 0. The molecule has 6 nitrogen and oxygen atoms in total. The van der Waals surface area contributed by atoms with E-state index in [1.165, 1.54) is 0 Å². The van der Waals surface area contributed by atoms with E-state index in [1.54, 1.807) is 5.38 Å². The maximum atomic E-state index is 10.9. The van der Waals surface area contributed by atoms with E-state index in [4.69, 9.17) is 0 Å². The van der Waals surface area contributed by atoms with Crippen LogP contribution in [0.3, 0.4) is 0 Å². The third-order valence-corrected chi connectivity index (χ3v) is 2.82. The summed E-state index contributed by atoms with van der Waals surface area (Å²) in [4.78, 5) is 17.8. The highest BCUT2D eigenvalue weighted by Gasteiger charge is 2.02. The number of nitrogens with one attached hydrogen (secondary N) is 2. The molecule has 0 bridgehead atoms. The Morgan fingerprint density at radius 1 is 1.38 bits per heavy atom. The maximum Gasteiger partial charge on any atom is 0.304 e. The number of hydrogen-bond acceptors (Lipinski definition) is 6. The zero-order valence-corrected chi connectivity index (χ0v) is 9.76. The van der Waals surface area contributed by atoms with Gasteiger partial charge in [-0.1, -0.05) is 11.3 Å². The van der Waals surface area contributed by atoms with Gasteiger partial charge in [0.25, 0.3) is 0 Å². The number of aromatic nitrogens is 4. The molecule has 0 aliphatic carbocycles. The fraction of sp³-hybridized carbons (Fsp3) is 0.333. The van der Waals surface area contributed by atoms with Crippen LogP contribution in [0.4, 0.5) is 5.95 Å². The lowest BCUT2D eigenvalue weighted by molar-refractivity contribution is 0.880. The molecular weight excluding hydrogens is 226 g/mol. The highest BCUT2D eigenvalue weighted by Crippen LogP contribution is 2.04. The van der Waals surface area contributed by atoms with Crippen molar-refractivity contribution in [1.29, 1.82) is 0 Å². The molecular formula is C9H11N5OS. The van der Waals surface area contributed by atoms with Crippen LogP contribution in [-0.4, -0.2) is 20.2 Å². The Balaban J connectivity index is 2.04. The monoisotopic (exact) mass is 237 g/mol. The van der Waals surface area contributed by atoms with E-state index in [-0.39, 0.29) is 4.87 Å². The Morgan fingerprint density at radius 2 is 2.19 bits per heavy atom. The minimum absolute atomic E-state index is 0.0593. The minimum Gasteiger partial charge on any atom is -0.347 e. The third-order valence-electron chi connectivity index (χ3n) is 2.10. The number of thiazole rings is 1. The topological polar surface area (TPSA) is 83.6 Å². The number of hydrogen-bond donors (Lipinski definition) is 2. The Morgan fingerprint density at radius 3 is 2.81 bits per heavy atom. The molecule has 2 heterocycles. The first kappa shape index (κ1) is 10.7. The van der Waals surface area contributed by atoms with Crippen molar-refractivity contribution in [1.82, 2.24) is 20.2 Å². The quantitative estimate of drug-likeness (QED) is 0.826. The van der Waals surface area contributed by atoms with Crippen molar-refractivity contribution < 1.29 is 0 Å². The van der Waals surface area contributed by atoms with Crippen molar-refractivity contribution >= 4 is 17.3 Å². The normalized spacial score (nSPS) is 10.4. The third kappa shape index (κ3) is 2.43. The van der Waals surface area contributed by atoms with Gasteiger partial charge in [0.05, 0.1) is 17.9 Å². The Labute approximate surface area is 95.8 Å². The van der Waals surface area contributed by atoms with Gasteiger partial charge in [0.2, 0.25) is 5.95 Å². The number of H-pyrrole nitrogens is 1. The number of anilines is 1. The predicted molar refractivity (Wildman–Crippen MR) is 61.6 cm³/mol. The van der Waals surface area contributed by atoms with Crippen LogP contribution >= 0.6 is 11.3 Å². The summed E-state index contributed by atoms with van der Waals surface area (Å²) in [7, 11) is 0. The first-order chi connectivity index (χ1) is 7.65. The van der Waals surface area contributed by atoms with Gasteiger partial charge >= 0.3 is 4.87 Å². The SMILES string of the molecule is Cc1nnc(NCc2csc(=O)[nH]2)nc1C. The van der Waals surface area contributed by atoms with E-state index in [0.29, 0.717) is 12.5 Å². The van der Waals surface area contributed by atoms with Crippen molar-refractivity contribution in [3.63, 3.8) is 0 Å². The molecule has 0 amide bonds. The van der Waals surface area contributed by atoms with Gasteiger partial charge in [0.15, 0.2) is 0 Å². The molecule has 2 rings (SSSR count). The van der Waals surface area contributed by atoms with Gasteiger partial charge in [-0.25, -0.2) is 4.98 Å². The molecule has 2 aromatic heterocycles. The Kier molecular flexibility index (Phi) is 2.95. The predicted octanol–water partition coefficient (Wildman–Crippen LogP) is 0.850. The van der Waals surface area contributed by atoms with Crippen molar-refractivity contribution in [3.8, 4) is 0 Å². The molecule has 0 aromatic carbocycles. The lowest BCUT2D eigenvalue weighted by Crippen LogP contribution is -2.08. The molecule has 0 unspecified atom stereocenters. The highest BCUT2D eigenvalue weighted by atomic mass is 32.1. The van der Waals surface area contributed by atoms with Crippen LogP contribution in [-0.2, 0) is 6.54 Å². The van der Waals surface area contributed by atoms with Crippen molar-refractivity contribution in [2.75, 3.05) is 5.32 Å². The van der Waals surface area contributed by atoms with Crippen molar-refractivity contribution in [3.05, 3.63) is 32.1 Å². The van der Waals surface area contributed by atoms with E-state index in [9.17, 15) is 4.79 Å². The van der Waals surface area contributed by atoms with Gasteiger partial charge in [-0.3, -0.25) is 4.79 Å². The van der Waals surface area contributed by atoms with Gasteiger partial charge < -0.3 is 10.3 Å². The summed E-state index contributed by atoms with van der Waals surface area (Å²) >= 11 is 1.14. The zero-order chi connectivity index (χ0) is 11.5. The lowest BCUT2D eigenvalue weighted by Gasteiger charge is -2.03. The number of rotatable bonds is 3. The number of nitrogens with zero attached hydrogens (tertiary/aromatic N) is 3. The van der Waals surface area contributed by atoms with E-state index >= 15 is 0 Å². The second-order valence-corrected chi connectivity index (χ2v) is 4.18. The van der Waals surface area contributed by atoms with Gasteiger partial charge in [-0.15, -0.1) is 5.10 Å². The van der Waals surface area contributed by atoms with Crippen LogP contribution in [0.2, 0.25) is 0 Å². The average Bonchev–Trinajstić information content (AvgIpc) is 2.66. The fourth-order valence-electron chi connectivity index (χ4n) is 1.11. The van der Waals surface area contributed by atoms with E-state index < -0.39 is 0 Å². The zero-order valence-electron chi connectivity index (χ0n) is 8.94. The van der Waals surface area contributed by atoms with Gasteiger partial charge in [-0.2, -0.15) is 5.10 Å². The molecule has 0 aliphatic heterocycles. The highest BCUT2D eigenvalue weighted by molar-refractivity contribution is 7.07. The van der Waals surface area contributed by atoms with Crippen molar-refractivity contribution in [2.24, 2.45) is 0 Å². The maximum absolute atomic E-state index is 10.9. The largest absolute Gasteiger partial charge is 0.347 e. The van der Waals surface area contributed by atoms with E-state index in [0.717, 1.165) is 28.4 Å². The summed E-state index contributed by atoms with van der Waals surface area (Å²) < 4.78 is 0. The first-order valence-corrected chi connectivity index (χ1v) is 5.61. The molecule has 7 heteroatoms. The van der Waals surface area contributed by atoms with E-state index in [1.807, 2.05) is 13.8 Å². The molecule has 0 spiro atoms. The molecule has 0 saturated heterocycles. The van der Waals surface area contributed by atoms with Crippen molar-refractivity contribution in [2.45, 2.75) is 20.4 Å². The molecule has 0 aliphatic rings. The van der Waals surface area contributed by atoms with Crippen LogP contribution in [0.1, 0.15) is 17.1 Å². The number of aromatic amines is 1. The van der Waals surface area contributed by atoms with Crippen LogP contribution in [0.15, 0.2) is 10.2 Å². The summed E-state index contributed by atoms with van der Waals surface area (Å²) in [6, 6.07) is 0. The van der Waals surface area contributed by atoms with Gasteiger partial charge in [-0.05, 0) is 13.8 Å².